The third kappa shape index (κ3) is 4.80. The van der Waals surface area contributed by atoms with Crippen molar-refractivity contribution in [2.75, 3.05) is 10.6 Å². The molecule has 1 amide bonds. The van der Waals surface area contributed by atoms with E-state index in [0.29, 0.717) is 11.6 Å². The molecule has 2 aromatic rings. The second kappa shape index (κ2) is 6.44. The van der Waals surface area contributed by atoms with Crippen molar-refractivity contribution in [2.45, 2.75) is 33.2 Å². The molecule has 0 bridgehead atoms. The summed E-state index contributed by atoms with van der Waals surface area (Å²) in [5, 5.41) is 6.01. The van der Waals surface area contributed by atoms with Gasteiger partial charge in [0, 0.05) is 21.4 Å². The fraction of sp³-hybridized carbons (Fsp3) is 0.312. The van der Waals surface area contributed by atoms with Crippen LogP contribution >= 0.6 is 15.9 Å². The fourth-order valence-electron chi connectivity index (χ4n) is 1.80. The van der Waals surface area contributed by atoms with E-state index < -0.39 is 0 Å². The Kier molecular flexibility index (Phi) is 4.81. The predicted octanol–water partition coefficient (Wildman–Crippen LogP) is 4.01. The van der Waals surface area contributed by atoms with Crippen molar-refractivity contribution in [3.8, 4) is 0 Å². The number of halogens is 1. The summed E-state index contributed by atoms with van der Waals surface area (Å²) >= 11 is 3.36. The van der Waals surface area contributed by atoms with E-state index in [1.165, 1.54) is 0 Å². The third-order valence-corrected chi connectivity index (χ3v) is 3.20. The van der Waals surface area contributed by atoms with E-state index in [1.54, 1.807) is 6.07 Å². The van der Waals surface area contributed by atoms with E-state index in [1.807, 2.05) is 52.0 Å². The molecular formula is C16H19BrN4O. The van der Waals surface area contributed by atoms with E-state index in [-0.39, 0.29) is 11.4 Å². The minimum Gasteiger partial charge on any atom is -0.350 e. The topological polar surface area (TPSA) is 66.9 Å². The zero-order valence-corrected chi connectivity index (χ0v) is 14.7. The van der Waals surface area contributed by atoms with Gasteiger partial charge in [-0.2, -0.15) is 0 Å². The van der Waals surface area contributed by atoms with Gasteiger partial charge in [0.1, 0.15) is 5.69 Å². The smallest absolute Gasteiger partial charge is 0.274 e. The number of aryl methyl sites for hydroxylation is 1. The normalized spacial score (nSPS) is 11.1. The van der Waals surface area contributed by atoms with E-state index in [4.69, 9.17) is 0 Å². The molecule has 1 heterocycles. The maximum atomic E-state index is 12.3. The molecule has 1 aromatic heterocycles. The SMILES string of the molecule is Cc1cc(C(=O)Nc2ccc(Br)cc2)nc(NC(C)(C)C)n1. The molecule has 0 radical (unpaired) electrons. The highest BCUT2D eigenvalue weighted by Gasteiger charge is 2.15. The summed E-state index contributed by atoms with van der Waals surface area (Å²) in [6.07, 6.45) is 0. The summed E-state index contributed by atoms with van der Waals surface area (Å²) < 4.78 is 0.958. The lowest BCUT2D eigenvalue weighted by atomic mass is 10.1. The monoisotopic (exact) mass is 362 g/mol. The predicted molar refractivity (Wildman–Crippen MR) is 92.2 cm³/mol. The van der Waals surface area contributed by atoms with Crippen LogP contribution in [0.3, 0.4) is 0 Å². The maximum Gasteiger partial charge on any atom is 0.274 e. The summed E-state index contributed by atoms with van der Waals surface area (Å²) in [5.41, 5.74) is 1.62. The molecule has 0 aliphatic rings. The van der Waals surface area contributed by atoms with Gasteiger partial charge in [-0.15, -0.1) is 0 Å². The van der Waals surface area contributed by atoms with Crippen molar-refractivity contribution < 1.29 is 4.79 Å². The second-order valence-corrected chi connectivity index (χ2v) is 6.97. The molecule has 22 heavy (non-hydrogen) atoms. The van der Waals surface area contributed by atoms with Gasteiger partial charge in [0.2, 0.25) is 5.95 Å². The molecule has 2 rings (SSSR count). The van der Waals surface area contributed by atoms with Crippen molar-refractivity contribution in [3.63, 3.8) is 0 Å². The number of anilines is 2. The van der Waals surface area contributed by atoms with Gasteiger partial charge < -0.3 is 10.6 Å². The zero-order valence-electron chi connectivity index (χ0n) is 13.1. The van der Waals surface area contributed by atoms with Crippen LogP contribution in [0.25, 0.3) is 0 Å². The van der Waals surface area contributed by atoms with Crippen LogP contribution in [0, 0.1) is 6.92 Å². The number of rotatable bonds is 3. The lowest BCUT2D eigenvalue weighted by molar-refractivity contribution is 0.102. The molecular weight excluding hydrogens is 344 g/mol. The van der Waals surface area contributed by atoms with Crippen molar-refractivity contribution in [1.29, 1.82) is 0 Å². The summed E-state index contributed by atoms with van der Waals surface area (Å²) in [7, 11) is 0. The maximum absolute atomic E-state index is 12.3. The quantitative estimate of drug-likeness (QED) is 0.865. The fourth-order valence-corrected chi connectivity index (χ4v) is 2.07. The molecule has 0 aliphatic heterocycles. The molecule has 0 spiro atoms. The standard InChI is InChI=1S/C16H19BrN4O/c1-10-9-13(20-15(18-10)21-16(2,3)4)14(22)19-12-7-5-11(17)6-8-12/h5-9H,1-4H3,(H,19,22)(H,18,20,21). The van der Waals surface area contributed by atoms with Crippen LogP contribution in [0.1, 0.15) is 37.0 Å². The number of benzene rings is 1. The van der Waals surface area contributed by atoms with Crippen LogP contribution < -0.4 is 10.6 Å². The first-order valence-electron chi connectivity index (χ1n) is 6.94. The van der Waals surface area contributed by atoms with E-state index in [0.717, 1.165) is 15.9 Å². The Morgan fingerprint density at radius 1 is 1.14 bits per heavy atom. The van der Waals surface area contributed by atoms with Gasteiger partial charge in [0.25, 0.3) is 5.91 Å². The van der Waals surface area contributed by atoms with Gasteiger partial charge in [0.05, 0.1) is 0 Å². The summed E-state index contributed by atoms with van der Waals surface area (Å²) in [6, 6.07) is 9.05. The first-order chi connectivity index (χ1) is 10.2. The molecule has 1 aromatic carbocycles. The van der Waals surface area contributed by atoms with Crippen LogP contribution in [0.2, 0.25) is 0 Å². The number of carbonyl (C=O) groups excluding carboxylic acids is 1. The Balaban J connectivity index is 2.20. The number of aromatic nitrogens is 2. The largest absolute Gasteiger partial charge is 0.350 e. The number of amides is 1. The highest BCUT2D eigenvalue weighted by molar-refractivity contribution is 9.10. The van der Waals surface area contributed by atoms with Crippen molar-refractivity contribution in [3.05, 3.63) is 46.2 Å². The molecule has 0 aliphatic carbocycles. The Morgan fingerprint density at radius 3 is 2.36 bits per heavy atom. The van der Waals surface area contributed by atoms with Gasteiger partial charge in [0.15, 0.2) is 0 Å². The molecule has 5 nitrogen and oxygen atoms in total. The minimum atomic E-state index is -0.259. The molecule has 116 valence electrons. The molecule has 0 saturated carbocycles. The summed E-state index contributed by atoms with van der Waals surface area (Å²) in [6.45, 7) is 7.88. The average molecular weight is 363 g/mol. The molecule has 6 heteroatoms. The lowest BCUT2D eigenvalue weighted by Gasteiger charge is -2.20. The number of nitrogens with one attached hydrogen (secondary N) is 2. The van der Waals surface area contributed by atoms with Crippen LogP contribution in [-0.4, -0.2) is 21.4 Å². The van der Waals surface area contributed by atoms with Crippen molar-refractivity contribution >= 4 is 33.5 Å². The molecule has 0 fully saturated rings. The van der Waals surface area contributed by atoms with E-state index in [9.17, 15) is 4.79 Å². The Hall–Kier alpha value is -1.95. The molecule has 0 unspecified atom stereocenters. The molecule has 0 saturated heterocycles. The number of carbonyl (C=O) groups is 1. The van der Waals surface area contributed by atoms with Crippen LogP contribution in [0.5, 0.6) is 0 Å². The van der Waals surface area contributed by atoms with E-state index >= 15 is 0 Å². The Bertz CT molecular complexity index is 678. The molecule has 2 N–H and O–H groups in total. The third-order valence-electron chi connectivity index (χ3n) is 2.68. The van der Waals surface area contributed by atoms with Gasteiger partial charge >= 0.3 is 0 Å². The zero-order chi connectivity index (χ0) is 16.3. The molecule has 0 atom stereocenters. The average Bonchev–Trinajstić information content (AvgIpc) is 2.38. The Morgan fingerprint density at radius 2 is 1.77 bits per heavy atom. The minimum absolute atomic E-state index is 0.173. The lowest BCUT2D eigenvalue weighted by Crippen LogP contribution is -2.28. The van der Waals surface area contributed by atoms with Gasteiger partial charge in [-0.25, -0.2) is 9.97 Å². The van der Waals surface area contributed by atoms with Gasteiger partial charge in [-0.3, -0.25) is 4.79 Å². The first-order valence-corrected chi connectivity index (χ1v) is 7.73. The van der Waals surface area contributed by atoms with Crippen LogP contribution in [-0.2, 0) is 0 Å². The van der Waals surface area contributed by atoms with Crippen LogP contribution in [0.4, 0.5) is 11.6 Å². The van der Waals surface area contributed by atoms with Crippen molar-refractivity contribution in [2.24, 2.45) is 0 Å². The van der Waals surface area contributed by atoms with Crippen LogP contribution in [0.15, 0.2) is 34.8 Å². The summed E-state index contributed by atoms with van der Waals surface area (Å²) in [4.78, 5) is 20.9. The van der Waals surface area contributed by atoms with Gasteiger partial charge in [-0.05, 0) is 58.0 Å². The Labute approximate surface area is 138 Å². The number of nitrogens with zero attached hydrogens (tertiary/aromatic N) is 2. The first kappa shape index (κ1) is 16.4. The number of hydrogen-bond donors (Lipinski definition) is 2. The second-order valence-electron chi connectivity index (χ2n) is 6.05. The highest BCUT2D eigenvalue weighted by atomic mass is 79.9. The van der Waals surface area contributed by atoms with E-state index in [2.05, 4.69) is 36.5 Å². The highest BCUT2D eigenvalue weighted by Crippen LogP contribution is 2.16. The number of hydrogen-bond acceptors (Lipinski definition) is 4. The van der Waals surface area contributed by atoms with Crippen molar-refractivity contribution in [1.82, 2.24) is 9.97 Å². The summed E-state index contributed by atoms with van der Waals surface area (Å²) in [5.74, 6) is 0.193. The van der Waals surface area contributed by atoms with Gasteiger partial charge in [-0.1, -0.05) is 15.9 Å².